The second kappa shape index (κ2) is 7.03. The Balaban J connectivity index is 1.65. The predicted molar refractivity (Wildman–Crippen MR) is 105 cm³/mol. The summed E-state index contributed by atoms with van der Waals surface area (Å²) in [5.74, 6) is -0.688. The molecule has 0 aliphatic rings. The molecular formula is C21H17N3O4. The number of aromatic amines is 1. The molecule has 0 aliphatic heterocycles. The van der Waals surface area contributed by atoms with Crippen molar-refractivity contribution in [2.75, 3.05) is 5.32 Å². The predicted octanol–water partition coefficient (Wildman–Crippen LogP) is 4.34. The van der Waals surface area contributed by atoms with Gasteiger partial charge in [-0.3, -0.25) is 9.89 Å². The van der Waals surface area contributed by atoms with E-state index in [4.69, 9.17) is 9.52 Å². The molecule has 4 aromatic rings. The molecule has 2 heterocycles. The summed E-state index contributed by atoms with van der Waals surface area (Å²) in [7, 11) is 0. The van der Waals surface area contributed by atoms with E-state index in [2.05, 4.69) is 15.5 Å². The number of aromatic carboxylic acids is 1. The highest BCUT2D eigenvalue weighted by molar-refractivity contribution is 6.08. The van der Waals surface area contributed by atoms with E-state index in [0.717, 1.165) is 17.5 Å². The first-order valence-corrected chi connectivity index (χ1v) is 8.77. The number of rotatable bonds is 5. The summed E-state index contributed by atoms with van der Waals surface area (Å²) in [6.07, 6.45) is 0.845. The molecule has 7 heteroatoms. The molecule has 0 saturated carbocycles. The molecule has 0 fully saturated rings. The van der Waals surface area contributed by atoms with Crippen molar-refractivity contribution in [2.45, 2.75) is 13.3 Å². The smallest absolute Gasteiger partial charge is 0.371 e. The van der Waals surface area contributed by atoms with Gasteiger partial charge in [-0.1, -0.05) is 19.1 Å². The number of amides is 1. The van der Waals surface area contributed by atoms with Crippen molar-refractivity contribution >= 4 is 28.6 Å². The number of aromatic nitrogens is 2. The van der Waals surface area contributed by atoms with Crippen molar-refractivity contribution in [3.63, 3.8) is 0 Å². The molecule has 2 aromatic carbocycles. The summed E-state index contributed by atoms with van der Waals surface area (Å²) in [5.41, 5.74) is 3.06. The fraction of sp³-hybridized carbons (Fsp3) is 0.0952. The van der Waals surface area contributed by atoms with Gasteiger partial charge in [-0.2, -0.15) is 5.10 Å². The van der Waals surface area contributed by atoms with Crippen LogP contribution in [0.5, 0.6) is 0 Å². The lowest BCUT2D eigenvalue weighted by atomic mass is 10.1. The maximum Gasteiger partial charge on any atom is 0.371 e. The maximum atomic E-state index is 12.6. The van der Waals surface area contributed by atoms with Crippen LogP contribution in [0.25, 0.3) is 22.2 Å². The van der Waals surface area contributed by atoms with E-state index in [9.17, 15) is 9.59 Å². The van der Waals surface area contributed by atoms with Gasteiger partial charge in [-0.15, -0.1) is 0 Å². The van der Waals surface area contributed by atoms with E-state index in [-0.39, 0.29) is 11.7 Å². The third-order valence-electron chi connectivity index (χ3n) is 4.49. The van der Waals surface area contributed by atoms with Crippen LogP contribution in [0.15, 0.2) is 59.0 Å². The van der Waals surface area contributed by atoms with Crippen molar-refractivity contribution in [2.24, 2.45) is 0 Å². The van der Waals surface area contributed by atoms with E-state index < -0.39 is 5.97 Å². The van der Waals surface area contributed by atoms with Gasteiger partial charge in [-0.05, 0) is 54.4 Å². The monoisotopic (exact) mass is 375 g/mol. The standard InChI is InChI=1S/C21H17N3O4/c1-2-12-4-3-5-14(10-12)20(25)22-19-15-11-13(6-7-16(15)23-24-19)17-8-9-18(28-17)21(26)27/h3-11H,2H2,1H3,(H,26,27)(H2,22,23,24,25). The Morgan fingerprint density at radius 3 is 2.75 bits per heavy atom. The number of carboxylic acid groups (broad SMARTS) is 1. The molecule has 0 atom stereocenters. The number of hydrogen-bond acceptors (Lipinski definition) is 4. The molecule has 28 heavy (non-hydrogen) atoms. The number of nitrogens with one attached hydrogen (secondary N) is 2. The van der Waals surface area contributed by atoms with E-state index in [0.29, 0.717) is 28.1 Å². The van der Waals surface area contributed by atoms with Crippen LogP contribution in [0, 0.1) is 0 Å². The molecular weight excluding hydrogens is 358 g/mol. The van der Waals surface area contributed by atoms with Gasteiger partial charge in [0.1, 0.15) is 5.76 Å². The number of H-pyrrole nitrogens is 1. The van der Waals surface area contributed by atoms with Gasteiger partial charge in [0.2, 0.25) is 5.76 Å². The molecule has 0 aliphatic carbocycles. The summed E-state index contributed by atoms with van der Waals surface area (Å²) in [6, 6.07) is 15.8. The van der Waals surface area contributed by atoms with Gasteiger partial charge in [-0.25, -0.2) is 4.79 Å². The molecule has 0 spiro atoms. The van der Waals surface area contributed by atoms with Gasteiger partial charge in [0.15, 0.2) is 5.82 Å². The van der Waals surface area contributed by atoms with Gasteiger partial charge in [0.25, 0.3) is 5.91 Å². The Kier molecular flexibility index (Phi) is 4.41. The summed E-state index contributed by atoms with van der Waals surface area (Å²) in [5, 5.41) is 19.6. The first-order chi connectivity index (χ1) is 13.5. The Bertz CT molecular complexity index is 1190. The molecule has 7 nitrogen and oxygen atoms in total. The van der Waals surface area contributed by atoms with E-state index in [1.807, 2.05) is 25.1 Å². The summed E-state index contributed by atoms with van der Waals surface area (Å²) >= 11 is 0. The average molecular weight is 375 g/mol. The molecule has 0 radical (unpaired) electrons. The summed E-state index contributed by atoms with van der Waals surface area (Å²) in [6.45, 7) is 2.03. The minimum Gasteiger partial charge on any atom is -0.475 e. The van der Waals surface area contributed by atoms with Crippen LogP contribution in [0.1, 0.15) is 33.4 Å². The number of benzene rings is 2. The van der Waals surface area contributed by atoms with Crippen molar-refractivity contribution < 1.29 is 19.1 Å². The quantitative estimate of drug-likeness (QED) is 0.481. The molecule has 4 rings (SSSR count). The van der Waals surface area contributed by atoms with E-state index in [1.54, 1.807) is 30.3 Å². The van der Waals surface area contributed by atoms with Gasteiger partial charge in [0, 0.05) is 16.5 Å². The van der Waals surface area contributed by atoms with Crippen LogP contribution in [0.3, 0.4) is 0 Å². The van der Waals surface area contributed by atoms with Crippen LogP contribution in [0.4, 0.5) is 5.82 Å². The molecule has 3 N–H and O–H groups in total. The van der Waals surface area contributed by atoms with E-state index >= 15 is 0 Å². The number of anilines is 1. The highest BCUT2D eigenvalue weighted by atomic mass is 16.4. The summed E-state index contributed by atoms with van der Waals surface area (Å²) < 4.78 is 5.35. The van der Waals surface area contributed by atoms with Gasteiger partial charge >= 0.3 is 5.97 Å². The van der Waals surface area contributed by atoms with Crippen LogP contribution in [0.2, 0.25) is 0 Å². The molecule has 0 bridgehead atoms. The molecule has 0 saturated heterocycles. The highest BCUT2D eigenvalue weighted by Gasteiger charge is 2.15. The number of carboxylic acids is 1. The lowest BCUT2D eigenvalue weighted by Gasteiger charge is -2.05. The maximum absolute atomic E-state index is 12.6. The number of fused-ring (bicyclic) bond motifs is 1. The Morgan fingerprint density at radius 1 is 1.14 bits per heavy atom. The van der Waals surface area contributed by atoms with E-state index in [1.165, 1.54) is 6.07 Å². The lowest BCUT2D eigenvalue weighted by Crippen LogP contribution is -2.12. The first kappa shape index (κ1) is 17.5. The second-order valence-electron chi connectivity index (χ2n) is 6.31. The zero-order chi connectivity index (χ0) is 19.7. The number of carbonyl (C=O) groups excluding carboxylic acids is 1. The lowest BCUT2D eigenvalue weighted by molar-refractivity contribution is 0.0663. The largest absolute Gasteiger partial charge is 0.475 e. The zero-order valence-corrected chi connectivity index (χ0v) is 15.0. The summed E-state index contributed by atoms with van der Waals surface area (Å²) in [4.78, 5) is 23.6. The van der Waals surface area contributed by atoms with Crippen LogP contribution in [-0.4, -0.2) is 27.2 Å². The van der Waals surface area contributed by atoms with Crippen LogP contribution < -0.4 is 5.32 Å². The fourth-order valence-electron chi connectivity index (χ4n) is 2.98. The molecule has 140 valence electrons. The SMILES string of the molecule is CCc1cccc(C(=O)Nc2n[nH]c3ccc(-c4ccc(C(=O)O)o4)cc23)c1. The van der Waals surface area contributed by atoms with Crippen molar-refractivity contribution in [1.82, 2.24) is 10.2 Å². The van der Waals surface area contributed by atoms with Crippen LogP contribution >= 0.6 is 0 Å². The van der Waals surface area contributed by atoms with Crippen molar-refractivity contribution in [3.05, 3.63) is 71.5 Å². The number of aryl methyl sites for hydroxylation is 1. The second-order valence-corrected chi connectivity index (χ2v) is 6.31. The third-order valence-corrected chi connectivity index (χ3v) is 4.49. The van der Waals surface area contributed by atoms with Crippen molar-refractivity contribution in [1.29, 1.82) is 0 Å². The minimum atomic E-state index is -1.13. The minimum absolute atomic E-state index is 0.133. The Hall–Kier alpha value is -3.87. The number of hydrogen-bond donors (Lipinski definition) is 3. The first-order valence-electron chi connectivity index (χ1n) is 8.77. The van der Waals surface area contributed by atoms with Gasteiger partial charge in [0.05, 0.1) is 5.52 Å². The molecule has 1 amide bonds. The number of carbonyl (C=O) groups is 2. The highest BCUT2D eigenvalue weighted by Crippen LogP contribution is 2.29. The van der Waals surface area contributed by atoms with Gasteiger partial charge < -0.3 is 14.8 Å². The number of nitrogens with zero attached hydrogens (tertiary/aromatic N) is 1. The van der Waals surface area contributed by atoms with Crippen LogP contribution in [-0.2, 0) is 6.42 Å². The molecule has 2 aromatic heterocycles. The Morgan fingerprint density at radius 2 is 2.00 bits per heavy atom. The molecule has 0 unspecified atom stereocenters. The fourth-order valence-corrected chi connectivity index (χ4v) is 2.98. The number of furan rings is 1. The topological polar surface area (TPSA) is 108 Å². The average Bonchev–Trinajstić information content (AvgIpc) is 3.35. The Labute approximate surface area is 160 Å². The zero-order valence-electron chi connectivity index (χ0n) is 15.0. The van der Waals surface area contributed by atoms with Crippen molar-refractivity contribution in [3.8, 4) is 11.3 Å². The normalized spacial score (nSPS) is 10.9. The third kappa shape index (κ3) is 3.25.